The van der Waals surface area contributed by atoms with Gasteiger partial charge in [0.1, 0.15) is 5.60 Å². The number of nitrogens with zero attached hydrogens (tertiary/aromatic N) is 2. The van der Waals surface area contributed by atoms with E-state index in [1.54, 1.807) is 6.20 Å². The number of aliphatic hydroxyl groups excluding tert-OH is 1. The zero-order chi connectivity index (χ0) is 25.0. The zero-order valence-electron chi connectivity index (χ0n) is 19.7. The molecule has 8 heteroatoms. The molecule has 3 aromatic carbocycles. The zero-order valence-corrected chi connectivity index (χ0v) is 19.7. The number of aromatic nitrogens is 2. The first-order valence-corrected chi connectivity index (χ1v) is 11.7. The van der Waals surface area contributed by atoms with Crippen LogP contribution in [-0.2, 0) is 15.1 Å². The van der Waals surface area contributed by atoms with Crippen LogP contribution in [-0.4, -0.2) is 47.3 Å². The molecule has 36 heavy (non-hydrogen) atoms. The van der Waals surface area contributed by atoms with Crippen molar-refractivity contribution in [3.05, 3.63) is 91.1 Å². The van der Waals surface area contributed by atoms with Crippen molar-refractivity contribution >= 4 is 34.1 Å². The number of carbonyl (C=O) groups excluding carboxylic acids is 1. The standard InChI is InChI=1S/C28H27N5O3/c1-2-25(35)31-23-7-3-5-19(15-23)24-8-4-6-20-16-30-27(33-26(20)24)32-22-11-9-21(10-12-22)28(18-34)17-29-13-14-36-28/h2-12,15-16,29,34H,1,13-14,17-18H2,(H,31,35)(H,30,32,33)/t28-/m0/s1. The van der Waals surface area contributed by atoms with Gasteiger partial charge >= 0.3 is 0 Å². The van der Waals surface area contributed by atoms with Gasteiger partial charge in [-0.1, -0.05) is 49.0 Å². The number of hydrogen-bond acceptors (Lipinski definition) is 7. The number of anilines is 3. The van der Waals surface area contributed by atoms with Crippen molar-refractivity contribution in [2.75, 3.05) is 36.9 Å². The van der Waals surface area contributed by atoms with E-state index < -0.39 is 5.60 Å². The Balaban J connectivity index is 1.42. The van der Waals surface area contributed by atoms with Gasteiger partial charge in [0.25, 0.3) is 0 Å². The van der Waals surface area contributed by atoms with Gasteiger partial charge in [-0.2, -0.15) is 0 Å². The van der Waals surface area contributed by atoms with Crippen molar-refractivity contribution in [2.45, 2.75) is 5.60 Å². The minimum Gasteiger partial charge on any atom is -0.393 e. The van der Waals surface area contributed by atoms with Crippen molar-refractivity contribution in [1.29, 1.82) is 0 Å². The summed E-state index contributed by atoms with van der Waals surface area (Å²) in [5.41, 5.74) is 4.32. The predicted molar refractivity (Wildman–Crippen MR) is 141 cm³/mol. The number of carbonyl (C=O) groups is 1. The molecule has 4 aromatic rings. The molecule has 1 fully saturated rings. The van der Waals surface area contributed by atoms with E-state index >= 15 is 0 Å². The maximum atomic E-state index is 11.7. The molecule has 182 valence electrons. The molecule has 8 nitrogen and oxygen atoms in total. The van der Waals surface area contributed by atoms with Gasteiger partial charge in [0, 0.05) is 41.6 Å². The van der Waals surface area contributed by atoms with Crippen molar-refractivity contribution in [3.63, 3.8) is 0 Å². The van der Waals surface area contributed by atoms with Crippen LogP contribution in [0.15, 0.2) is 85.6 Å². The highest BCUT2D eigenvalue weighted by Gasteiger charge is 2.34. The van der Waals surface area contributed by atoms with Crippen LogP contribution in [0.2, 0.25) is 0 Å². The lowest BCUT2D eigenvalue weighted by molar-refractivity contribution is -0.111. The summed E-state index contributed by atoms with van der Waals surface area (Å²) >= 11 is 0. The monoisotopic (exact) mass is 481 g/mol. The number of amides is 1. The second-order valence-electron chi connectivity index (χ2n) is 8.59. The molecule has 1 aliphatic heterocycles. The Morgan fingerprint density at radius 2 is 1.97 bits per heavy atom. The topological polar surface area (TPSA) is 108 Å². The normalized spacial score (nSPS) is 17.5. The van der Waals surface area contributed by atoms with Crippen LogP contribution in [0, 0.1) is 0 Å². The molecule has 0 unspecified atom stereocenters. The molecule has 1 aromatic heterocycles. The summed E-state index contributed by atoms with van der Waals surface area (Å²) in [5.74, 6) is 0.201. The molecule has 0 radical (unpaired) electrons. The van der Waals surface area contributed by atoms with E-state index in [0.29, 0.717) is 24.8 Å². The summed E-state index contributed by atoms with van der Waals surface area (Å²) in [6.45, 7) is 5.30. The number of para-hydroxylation sites is 1. The molecule has 1 aliphatic rings. The van der Waals surface area contributed by atoms with Crippen molar-refractivity contribution in [3.8, 4) is 11.1 Å². The Morgan fingerprint density at radius 1 is 1.14 bits per heavy atom. The highest BCUT2D eigenvalue weighted by molar-refractivity contribution is 6.00. The summed E-state index contributed by atoms with van der Waals surface area (Å²) in [6, 6.07) is 21.3. The number of morpholine rings is 1. The Kier molecular flexibility index (Phi) is 6.73. The fourth-order valence-corrected chi connectivity index (χ4v) is 4.33. The van der Waals surface area contributed by atoms with Crippen LogP contribution in [0.3, 0.4) is 0 Å². The van der Waals surface area contributed by atoms with Crippen molar-refractivity contribution < 1.29 is 14.6 Å². The molecule has 1 saturated heterocycles. The van der Waals surface area contributed by atoms with Gasteiger partial charge in [-0.3, -0.25) is 4.79 Å². The second kappa shape index (κ2) is 10.2. The highest BCUT2D eigenvalue weighted by Crippen LogP contribution is 2.31. The molecular weight excluding hydrogens is 454 g/mol. The number of hydrogen-bond donors (Lipinski definition) is 4. The summed E-state index contributed by atoms with van der Waals surface area (Å²) in [5, 5.41) is 20.2. The first-order valence-electron chi connectivity index (χ1n) is 11.7. The summed E-state index contributed by atoms with van der Waals surface area (Å²) in [4.78, 5) is 21.0. The summed E-state index contributed by atoms with van der Waals surface area (Å²) in [6.07, 6.45) is 3.03. The quantitative estimate of drug-likeness (QED) is 0.296. The van der Waals surface area contributed by atoms with Gasteiger partial charge < -0.3 is 25.8 Å². The number of rotatable bonds is 7. The van der Waals surface area contributed by atoms with Crippen molar-refractivity contribution in [1.82, 2.24) is 15.3 Å². The first-order chi connectivity index (χ1) is 17.6. The molecule has 5 rings (SSSR count). The number of ether oxygens (including phenoxy) is 1. The Morgan fingerprint density at radius 3 is 2.72 bits per heavy atom. The largest absolute Gasteiger partial charge is 0.393 e. The van der Waals surface area contributed by atoms with Crippen LogP contribution in [0.5, 0.6) is 0 Å². The summed E-state index contributed by atoms with van der Waals surface area (Å²) < 4.78 is 5.91. The predicted octanol–water partition coefficient (Wildman–Crippen LogP) is 3.97. The third-order valence-electron chi connectivity index (χ3n) is 6.23. The van der Waals surface area contributed by atoms with Crippen LogP contribution in [0.1, 0.15) is 5.56 Å². The summed E-state index contributed by atoms with van der Waals surface area (Å²) in [7, 11) is 0. The van der Waals surface area contributed by atoms with E-state index in [9.17, 15) is 9.90 Å². The lowest BCUT2D eigenvalue weighted by Gasteiger charge is -2.36. The fraction of sp³-hybridized carbons (Fsp3) is 0.179. The van der Waals surface area contributed by atoms with Gasteiger partial charge in [0.2, 0.25) is 11.9 Å². The molecule has 1 amide bonds. The molecular formula is C28H27N5O3. The van der Waals surface area contributed by atoms with E-state index in [-0.39, 0.29) is 12.5 Å². The smallest absolute Gasteiger partial charge is 0.247 e. The van der Waals surface area contributed by atoms with E-state index in [4.69, 9.17) is 9.72 Å². The van der Waals surface area contributed by atoms with Crippen LogP contribution in [0.4, 0.5) is 17.3 Å². The Labute approximate surface area is 209 Å². The lowest BCUT2D eigenvalue weighted by atomic mass is 9.93. The van der Waals surface area contributed by atoms with Gasteiger partial charge in [-0.05, 0) is 41.5 Å². The van der Waals surface area contributed by atoms with E-state index in [2.05, 4.69) is 27.5 Å². The van der Waals surface area contributed by atoms with Gasteiger partial charge in [0.05, 0.1) is 18.7 Å². The third kappa shape index (κ3) is 4.83. The van der Waals surface area contributed by atoms with Crippen molar-refractivity contribution in [2.24, 2.45) is 0 Å². The average Bonchev–Trinajstić information content (AvgIpc) is 2.93. The van der Waals surface area contributed by atoms with Crippen LogP contribution < -0.4 is 16.0 Å². The molecule has 0 spiro atoms. The number of benzene rings is 3. The maximum absolute atomic E-state index is 11.7. The van der Waals surface area contributed by atoms with Crippen LogP contribution in [0.25, 0.3) is 22.0 Å². The lowest BCUT2D eigenvalue weighted by Crippen LogP contribution is -2.49. The maximum Gasteiger partial charge on any atom is 0.247 e. The molecule has 0 bridgehead atoms. The molecule has 0 saturated carbocycles. The SMILES string of the molecule is C=CC(=O)Nc1cccc(-c2cccc3cnc(Nc4ccc([C@@]5(CO)CNCCO5)cc4)nc23)c1. The molecule has 1 atom stereocenters. The number of nitrogens with one attached hydrogen (secondary N) is 3. The number of aliphatic hydroxyl groups is 1. The third-order valence-corrected chi connectivity index (χ3v) is 6.23. The molecule has 0 aliphatic carbocycles. The van der Waals surface area contributed by atoms with Crippen LogP contribution >= 0.6 is 0 Å². The minimum absolute atomic E-state index is 0.0954. The Bertz CT molecular complexity index is 1400. The van der Waals surface area contributed by atoms with E-state index in [0.717, 1.165) is 39.8 Å². The fourth-order valence-electron chi connectivity index (χ4n) is 4.33. The first kappa shape index (κ1) is 23.6. The van der Waals surface area contributed by atoms with Gasteiger partial charge in [0.15, 0.2) is 0 Å². The van der Waals surface area contributed by atoms with E-state index in [1.165, 1.54) is 6.08 Å². The minimum atomic E-state index is -0.731. The average molecular weight is 482 g/mol. The van der Waals surface area contributed by atoms with Gasteiger partial charge in [-0.25, -0.2) is 9.97 Å². The molecule has 2 heterocycles. The van der Waals surface area contributed by atoms with Gasteiger partial charge in [-0.15, -0.1) is 0 Å². The molecule has 4 N–H and O–H groups in total. The number of fused-ring (bicyclic) bond motifs is 1. The highest BCUT2D eigenvalue weighted by atomic mass is 16.5. The Hall–Kier alpha value is -4.11. The second-order valence-corrected chi connectivity index (χ2v) is 8.59. The van der Waals surface area contributed by atoms with E-state index in [1.807, 2.05) is 66.7 Å².